The third-order valence-corrected chi connectivity index (χ3v) is 5.55. The molecule has 5 atom stereocenters. The maximum atomic E-state index is 12.1. The van der Waals surface area contributed by atoms with E-state index in [2.05, 4.69) is 21.5 Å². The van der Waals surface area contributed by atoms with Gasteiger partial charge in [-0.2, -0.15) is 4.98 Å². The highest BCUT2D eigenvalue weighted by Gasteiger charge is 2.45. The highest BCUT2D eigenvalue weighted by molar-refractivity contribution is 7.94. The van der Waals surface area contributed by atoms with Gasteiger partial charge in [0, 0.05) is 12.9 Å². The summed E-state index contributed by atoms with van der Waals surface area (Å²) in [6.07, 6.45) is -1.88. The van der Waals surface area contributed by atoms with E-state index in [1.807, 2.05) is 0 Å². The van der Waals surface area contributed by atoms with Gasteiger partial charge in [-0.15, -0.1) is 0 Å². The Balaban J connectivity index is 2.11. The van der Waals surface area contributed by atoms with Crippen molar-refractivity contribution in [1.82, 2.24) is 19.5 Å². The zero-order valence-corrected chi connectivity index (χ0v) is 15.2. The number of rotatable bonds is 6. The number of aliphatic hydroxyl groups is 2. The van der Waals surface area contributed by atoms with E-state index in [9.17, 15) is 14.4 Å². The van der Waals surface area contributed by atoms with Crippen molar-refractivity contribution in [2.45, 2.75) is 31.5 Å². The van der Waals surface area contributed by atoms with Gasteiger partial charge in [-0.25, -0.2) is 9.97 Å². The minimum Gasteiger partial charge on any atom is -0.394 e. The molecule has 0 spiro atoms. The first kappa shape index (κ1) is 18.9. The molecular formula is C15H21N5O5S. The average Bonchev–Trinajstić information content (AvgIpc) is 3.19. The number of nitrogens with two attached hydrogens (primary N) is 1. The summed E-state index contributed by atoms with van der Waals surface area (Å²) < 4.78 is 24.7. The maximum absolute atomic E-state index is 12.1. The van der Waals surface area contributed by atoms with Crippen LogP contribution in [0, 0.1) is 0 Å². The second-order valence-corrected chi connectivity index (χ2v) is 7.51. The summed E-state index contributed by atoms with van der Waals surface area (Å²) in [5.74, 6) is 0.349. The largest absolute Gasteiger partial charge is 0.394 e. The number of ether oxygens (including phenoxy) is 2. The summed E-state index contributed by atoms with van der Waals surface area (Å²) in [5, 5.41) is 19.6. The summed E-state index contributed by atoms with van der Waals surface area (Å²) in [7, 11) is 0.115. The number of aromatic nitrogens is 4. The molecule has 0 aromatic carbocycles. The molecule has 3 heterocycles. The molecule has 2 aromatic rings. The lowest BCUT2D eigenvalue weighted by Gasteiger charge is -2.20. The molecule has 10 nitrogen and oxygen atoms in total. The molecule has 142 valence electrons. The average molecular weight is 383 g/mol. The normalized spacial score (nSPS) is 27.1. The number of aliphatic hydroxyl groups excluding tert-OH is 2. The van der Waals surface area contributed by atoms with Gasteiger partial charge < -0.3 is 25.4 Å². The first-order valence-corrected chi connectivity index (χ1v) is 9.29. The lowest BCUT2D eigenvalue weighted by atomic mass is 10.1. The van der Waals surface area contributed by atoms with Crippen LogP contribution in [0.5, 0.6) is 0 Å². The number of hydrogen-bond acceptors (Lipinski definition) is 9. The highest BCUT2D eigenvalue weighted by atomic mass is 32.2. The quantitative estimate of drug-likeness (QED) is 0.596. The van der Waals surface area contributed by atoms with Crippen molar-refractivity contribution in [3.63, 3.8) is 0 Å². The molecule has 2 aromatic heterocycles. The fourth-order valence-electron chi connectivity index (χ4n) is 2.94. The van der Waals surface area contributed by atoms with Crippen LogP contribution in [0.15, 0.2) is 12.9 Å². The minimum absolute atomic E-state index is 0.0327. The molecule has 26 heavy (non-hydrogen) atoms. The van der Waals surface area contributed by atoms with Gasteiger partial charge in [-0.05, 0) is 0 Å². The molecule has 11 heteroatoms. The smallest absolute Gasteiger partial charge is 0.222 e. The second kappa shape index (κ2) is 7.37. The summed E-state index contributed by atoms with van der Waals surface area (Å²) in [5.41, 5.74) is 6.82. The highest BCUT2D eigenvalue weighted by Crippen LogP contribution is 2.34. The van der Waals surface area contributed by atoms with Crippen LogP contribution in [0.3, 0.4) is 0 Å². The summed E-state index contributed by atoms with van der Waals surface area (Å²) >= 11 is 0. The number of nitrogens with zero attached hydrogens (tertiary/aromatic N) is 4. The molecule has 3 rings (SSSR count). The van der Waals surface area contributed by atoms with E-state index in [-0.39, 0.29) is 12.6 Å². The maximum Gasteiger partial charge on any atom is 0.222 e. The van der Waals surface area contributed by atoms with Crippen molar-refractivity contribution in [3.05, 3.63) is 18.6 Å². The van der Waals surface area contributed by atoms with Crippen molar-refractivity contribution < 1.29 is 23.9 Å². The lowest BCUT2D eigenvalue weighted by molar-refractivity contribution is -0.0583. The van der Waals surface area contributed by atoms with Crippen LogP contribution in [0.1, 0.15) is 18.8 Å². The van der Waals surface area contributed by atoms with Gasteiger partial charge in [-0.3, -0.25) is 8.78 Å². The van der Waals surface area contributed by atoms with Crippen molar-refractivity contribution in [3.8, 4) is 0 Å². The van der Waals surface area contributed by atoms with Crippen LogP contribution in [0.4, 0.5) is 5.95 Å². The van der Waals surface area contributed by atoms with Gasteiger partial charge in [0.15, 0.2) is 11.9 Å². The van der Waals surface area contributed by atoms with E-state index in [0.717, 1.165) is 0 Å². The third-order valence-electron chi connectivity index (χ3n) is 4.28. The first-order valence-electron chi connectivity index (χ1n) is 7.97. The van der Waals surface area contributed by atoms with E-state index in [4.69, 9.17) is 15.2 Å². The Morgan fingerprint density at radius 1 is 1.54 bits per heavy atom. The van der Waals surface area contributed by atoms with Crippen LogP contribution in [0.2, 0.25) is 0 Å². The van der Waals surface area contributed by atoms with Gasteiger partial charge in [0.25, 0.3) is 0 Å². The number of anilines is 1. The molecule has 4 N–H and O–H groups in total. The van der Waals surface area contributed by atoms with Crippen LogP contribution >= 0.6 is 0 Å². The van der Waals surface area contributed by atoms with E-state index >= 15 is 0 Å². The Morgan fingerprint density at radius 3 is 2.88 bits per heavy atom. The zero-order valence-electron chi connectivity index (χ0n) is 14.4. The first-order chi connectivity index (χ1) is 12.4. The van der Waals surface area contributed by atoms with Crippen LogP contribution in [-0.2, 0) is 20.3 Å². The predicted octanol–water partition coefficient (Wildman–Crippen LogP) is -0.587. The van der Waals surface area contributed by atoms with E-state index in [0.29, 0.717) is 27.5 Å². The summed E-state index contributed by atoms with van der Waals surface area (Å²) in [6.45, 7) is 5.25. The summed E-state index contributed by atoms with van der Waals surface area (Å²) in [6, 6.07) is 0. The molecule has 1 unspecified atom stereocenters. The van der Waals surface area contributed by atoms with Gasteiger partial charge in [0.1, 0.15) is 29.5 Å². The fourth-order valence-corrected chi connectivity index (χ4v) is 3.65. The Kier molecular flexibility index (Phi) is 5.34. The molecule has 0 radical (unpaired) electrons. The Hall–Kier alpha value is -1.92. The number of methoxy groups -OCH3 is 1. The van der Waals surface area contributed by atoms with Crippen molar-refractivity contribution in [1.29, 1.82) is 0 Å². The van der Waals surface area contributed by atoms with Crippen LogP contribution in [-0.4, -0.2) is 71.7 Å². The van der Waals surface area contributed by atoms with E-state index in [1.54, 1.807) is 11.5 Å². The SMILES string of the molecule is C=C(c1nc(N)nc2c1ncn2[C@@H]1O[C@H](CO)[C@@H](O)[C@H]1OC)S(=O)CC. The molecule has 1 aliphatic heterocycles. The zero-order chi connectivity index (χ0) is 19.0. The molecule has 1 saturated heterocycles. The van der Waals surface area contributed by atoms with Crippen LogP contribution < -0.4 is 5.73 Å². The molecule has 0 saturated carbocycles. The lowest BCUT2D eigenvalue weighted by Crippen LogP contribution is -2.34. The van der Waals surface area contributed by atoms with Gasteiger partial charge in [-0.1, -0.05) is 13.5 Å². The number of fused-ring (bicyclic) bond motifs is 1. The Bertz CT molecular complexity index is 856. The molecular weight excluding hydrogens is 362 g/mol. The van der Waals surface area contributed by atoms with E-state index < -0.39 is 35.3 Å². The summed E-state index contributed by atoms with van der Waals surface area (Å²) in [4.78, 5) is 12.9. The Labute approximate surface area is 152 Å². The predicted molar refractivity (Wildman–Crippen MR) is 95.3 cm³/mol. The molecule has 0 aliphatic carbocycles. The minimum atomic E-state index is -1.32. The van der Waals surface area contributed by atoms with Crippen molar-refractivity contribution in [2.75, 3.05) is 25.2 Å². The number of imidazole rings is 1. The van der Waals surface area contributed by atoms with Gasteiger partial charge in [0.2, 0.25) is 5.95 Å². The second-order valence-electron chi connectivity index (χ2n) is 5.75. The monoisotopic (exact) mass is 383 g/mol. The number of hydrogen-bond donors (Lipinski definition) is 3. The van der Waals surface area contributed by atoms with Crippen molar-refractivity contribution in [2.24, 2.45) is 0 Å². The van der Waals surface area contributed by atoms with Crippen LogP contribution in [0.25, 0.3) is 16.1 Å². The molecule has 0 amide bonds. The molecule has 0 bridgehead atoms. The standard InChI is InChI=1S/C15H21N5O5S/c1-4-26(23)7(2)9-10-13(19-15(16)18-9)20(6-17-10)14-12(24-3)11(22)8(5-21)25-14/h6,8,11-12,14,21-22H,2,4-5H2,1,3H3,(H2,16,18,19)/t8-,11-,12-,14-,26?/m1/s1. The molecule has 1 fully saturated rings. The number of nitrogen functional groups attached to an aromatic ring is 1. The Morgan fingerprint density at radius 2 is 2.27 bits per heavy atom. The van der Waals surface area contributed by atoms with Gasteiger partial charge in [0.05, 0.1) is 28.6 Å². The fraction of sp³-hybridized carbons (Fsp3) is 0.533. The molecule has 1 aliphatic rings. The van der Waals surface area contributed by atoms with E-state index in [1.165, 1.54) is 13.4 Å². The van der Waals surface area contributed by atoms with Crippen molar-refractivity contribution >= 4 is 32.8 Å². The van der Waals surface area contributed by atoms with Gasteiger partial charge >= 0.3 is 0 Å². The topological polar surface area (TPSA) is 146 Å². The third kappa shape index (κ3) is 3.01.